The molecule has 1 aromatic carbocycles. The van der Waals surface area contributed by atoms with Crippen molar-refractivity contribution in [3.8, 4) is 5.75 Å². The van der Waals surface area contributed by atoms with E-state index in [1.165, 1.54) is 0 Å². The van der Waals surface area contributed by atoms with Crippen LogP contribution in [0.4, 0.5) is 8.78 Å². The van der Waals surface area contributed by atoms with Crippen LogP contribution >= 0.6 is 0 Å². The van der Waals surface area contributed by atoms with Crippen LogP contribution in [0.5, 0.6) is 5.75 Å². The van der Waals surface area contributed by atoms with Crippen molar-refractivity contribution in [1.82, 2.24) is 0 Å². The maximum Gasteiger partial charge on any atom is 0.248 e. The van der Waals surface area contributed by atoms with E-state index in [1.54, 1.807) is 7.11 Å². The highest BCUT2D eigenvalue weighted by Crippen LogP contribution is 2.40. The predicted octanol–water partition coefficient (Wildman–Crippen LogP) is 3.03. The van der Waals surface area contributed by atoms with Gasteiger partial charge in [-0.15, -0.1) is 0 Å². The molecule has 0 amide bonds. The van der Waals surface area contributed by atoms with Crippen LogP contribution in [0.1, 0.15) is 24.8 Å². The normalized spacial score (nSPS) is 23.9. The van der Waals surface area contributed by atoms with Crippen molar-refractivity contribution in [2.24, 2.45) is 5.92 Å². The van der Waals surface area contributed by atoms with Gasteiger partial charge in [0.05, 0.1) is 13.2 Å². The van der Waals surface area contributed by atoms with Gasteiger partial charge in [0.2, 0.25) is 5.92 Å². The van der Waals surface area contributed by atoms with Gasteiger partial charge in [0.25, 0.3) is 0 Å². The molecule has 0 saturated heterocycles. The zero-order valence-electron chi connectivity index (χ0n) is 10.4. The monoisotopic (exact) mass is 256 g/mol. The number of rotatable bonds is 4. The Bertz CT molecular complexity index is 389. The first-order valence-electron chi connectivity index (χ1n) is 6.19. The summed E-state index contributed by atoms with van der Waals surface area (Å²) in [6.07, 6.45) is -0.150. The van der Waals surface area contributed by atoms with Gasteiger partial charge in [-0.05, 0) is 36.5 Å². The van der Waals surface area contributed by atoms with Gasteiger partial charge in [-0.3, -0.25) is 0 Å². The summed E-state index contributed by atoms with van der Waals surface area (Å²) in [6.45, 7) is 0. The Labute approximate surface area is 106 Å². The fourth-order valence-electron chi connectivity index (χ4n) is 2.48. The maximum absolute atomic E-state index is 13.1. The summed E-state index contributed by atoms with van der Waals surface area (Å²) in [4.78, 5) is 0. The van der Waals surface area contributed by atoms with Crippen molar-refractivity contribution in [2.75, 3.05) is 7.11 Å². The maximum atomic E-state index is 13.1. The number of alkyl halides is 2. The standard InChI is InChI=1S/C14H18F2O2/c1-18-12-4-2-10(3-5-12)8-13(17)11-6-7-14(15,16)9-11/h2-5,11,13,17H,6-9H2,1H3. The lowest BCUT2D eigenvalue weighted by molar-refractivity contribution is -0.00479. The van der Waals surface area contributed by atoms with E-state index in [9.17, 15) is 13.9 Å². The highest BCUT2D eigenvalue weighted by atomic mass is 19.3. The van der Waals surface area contributed by atoms with Crippen molar-refractivity contribution in [2.45, 2.75) is 37.7 Å². The van der Waals surface area contributed by atoms with E-state index < -0.39 is 12.0 Å². The quantitative estimate of drug-likeness (QED) is 0.897. The van der Waals surface area contributed by atoms with Gasteiger partial charge in [0.1, 0.15) is 5.75 Å². The fourth-order valence-corrected chi connectivity index (χ4v) is 2.48. The van der Waals surface area contributed by atoms with Crippen molar-refractivity contribution < 1.29 is 18.6 Å². The molecule has 0 heterocycles. The van der Waals surface area contributed by atoms with Crippen molar-refractivity contribution >= 4 is 0 Å². The van der Waals surface area contributed by atoms with Crippen molar-refractivity contribution in [3.05, 3.63) is 29.8 Å². The average Bonchev–Trinajstić information content (AvgIpc) is 2.71. The van der Waals surface area contributed by atoms with Gasteiger partial charge in [-0.1, -0.05) is 12.1 Å². The Kier molecular flexibility index (Phi) is 3.85. The molecule has 0 spiro atoms. The van der Waals surface area contributed by atoms with Crippen LogP contribution in [0.15, 0.2) is 24.3 Å². The first kappa shape index (κ1) is 13.3. The molecule has 0 aliphatic heterocycles. The molecule has 1 aromatic rings. The van der Waals surface area contributed by atoms with Gasteiger partial charge in [-0.25, -0.2) is 8.78 Å². The first-order chi connectivity index (χ1) is 8.50. The number of benzene rings is 1. The van der Waals surface area contributed by atoms with Crippen molar-refractivity contribution in [3.63, 3.8) is 0 Å². The van der Waals surface area contributed by atoms with Gasteiger partial charge < -0.3 is 9.84 Å². The molecule has 1 saturated carbocycles. The van der Waals surface area contributed by atoms with Crippen LogP contribution in [0.2, 0.25) is 0 Å². The molecule has 0 bridgehead atoms. The Morgan fingerprint density at radius 3 is 2.56 bits per heavy atom. The summed E-state index contributed by atoms with van der Waals surface area (Å²) in [6, 6.07) is 7.33. The van der Waals surface area contributed by atoms with Crippen LogP contribution in [-0.2, 0) is 6.42 Å². The highest BCUT2D eigenvalue weighted by Gasteiger charge is 2.41. The molecule has 100 valence electrons. The zero-order chi connectivity index (χ0) is 13.2. The predicted molar refractivity (Wildman–Crippen MR) is 65.0 cm³/mol. The number of hydrogen-bond acceptors (Lipinski definition) is 2. The molecule has 2 nitrogen and oxygen atoms in total. The zero-order valence-corrected chi connectivity index (χ0v) is 10.4. The van der Waals surface area contributed by atoms with Gasteiger partial charge in [-0.2, -0.15) is 0 Å². The average molecular weight is 256 g/mol. The van der Waals surface area contributed by atoms with Crippen LogP contribution in [-0.4, -0.2) is 24.2 Å². The van der Waals surface area contributed by atoms with E-state index in [0.29, 0.717) is 12.8 Å². The highest BCUT2D eigenvalue weighted by molar-refractivity contribution is 5.27. The van der Waals surface area contributed by atoms with Gasteiger partial charge in [0.15, 0.2) is 0 Å². The smallest absolute Gasteiger partial charge is 0.248 e. The first-order valence-corrected chi connectivity index (χ1v) is 6.19. The van der Waals surface area contributed by atoms with Crippen molar-refractivity contribution in [1.29, 1.82) is 0 Å². The lowest BCUT2D eigenvalue weighted by Crippen LogP contribution is -2.22. The number of aliphatic hydroxyl groups is 1. The number of aliphatic hydroxyl groups excluding tert-OH is 1. The van der Waals surface area contributed by atoms with E-state index in [0.717, 1.165) is 11.3 Å². The molecule has 4 heteroatoms. The Balaban J connectivity index is 1.92. The molecule has 0 aromatic heterocycles. The third kappa shape index (κ3) is 3.19. The molecule has 1 fully saturated rings. The van der Waals surface area contributed by atoms with E-state index in [4.69, 9.17) is 4.74 Å². The minimum Gasteiger partial charge on any atom is -0.497 e. The van der Waals surface area contributed by atoms with Crippen LogP contribution < -0.4 is 4.74 Å². The third-order valence-corrected chi connectivity index (χ3v) is 3.59. The van der Waals surface area contributed by atoms with E-state index in [1.807, 2.05) is 24.3 Å². The molecule has 18 heavy (non-hydrogen) atoms. The van der Waals surface area contributed by atoms with E-state index in [-0.39, 0.29) is 18.8 Å². The number of methoxy groups -OCH3 is 1. The van der Waals surface area contributed by atoms with E-state index >= 15 is 0 Å². The molecule has 1 aliphatic carbocycles. The Hall–Kier alpha value is -1.16. The minimum atomic E-state index is -2.59. The number of hydrogen-bond donors (Lipinski definition) is 1. The third-order valence-electron chi connectivity index (χ3n) is 3.59. The molecule has 2 unspecified atom stereocenters. The molecule has 1 aliphatic rings. The van der Waals surface area contributed by atoms with Gasteiger partial charge in [0, 0.05) is 12.8 Å². The number of halogens is 2. The summed E-state index contributed by atoms with van der Waals surface area (Å²) in [5.74, 6) is -2.13. The second kappa shape index (κ2) is 5.22. The lowest BCUT2D eigenvalue weighted by atomic mass is 9.95. The number of ether oxygens (including phenoxy) is 1. The lowest BCUT2D eigenvalue weighted by Gasteiger charge is -2.18. The molecular weight excluding hydrogens is 238 g/mol. The Morgan fingerprint density at radius 1 is 1.39 bits per heavy atom. The summed E-state index contributed by atoms with van der Waals surface area (Å²) < 4.78 is 31.2. The van der Waals surface area contributed by atoms with E-state index in [2.05, 4.69) is 0 Å². The van der Waals surface area contributed by atoms with Crippen LogP contribution in [0.3, 0.4) is 0 Å². The molecule has 2 atom stereocenters. The second-order valence-corrected chi connectivity index (χ2v) is 4.98. The fraction of sp³-hybridized carbons (Fsp3) is 0.571. The summed E-state index contributed by atoms with van der Waals surface area (Å²) in [5.41, 5.74) is 0.943. The summed E-state index contributed by atoms with van der Waals surface area (Å²) in [7, 11) is 1.59. The van der Waals surface area contributed by atoms with Crippen LogP contribution in [0, 0.1) is 5.92 Å². The summed E-state index contributed by atoms with van der Waals surface area (Å²) in [5, 5.41) is 10.00. The largest absolute Gasteiger partial charge is 0.497 e. The Morgan fingerprint density at radius 2 is 2.06 bits per heavy atom. The molecule has 2 rings (SSSR count). The molecular formula is C14H18F2O2. The topological polar surface area (TPSA) is 29.5 Å². The summed E-state index contributed by atoms with van der Waals surface area (Å²) >= 11 is 0. The minimum absolute atomic E-state index is 0.0999. The molecule has 1 N–H and O–H groups in total. The molecule has 0 radical (unpaired) electrons. The van der Waals surface area contributed by atoms with Crippen LogP contribution in [0.25, 0.3) is 0 Å². The second-order valence-electron chi connectivity index (χ2n) is 4.98. The SMILES string of the molecule is COc1ccc(CC(O)C2CCC(F)(F)C2)cc1. The van der Waals surface area contributed by atoms with Gasteiger partial charge >= 0.3 is 0 Å².